The van der Waals surface area contributed by atoms with Crippen LogP contribution in [-0.2, 0) is 0 Å². The number of hydrogen-bond donors (Lipinski definition) is 1. The zero-order valence-electron chi connectivity index (χ0n) is 8.77. The average Bonchev–Trinajstić information content (AvgIpc) is 2.80. The van der Waals surface area contributed by atoms with Crippen molar-refractivity contribution >= 4 is 0 Å². The Morgan fingerprint density at radius 3 is 2.42 bits per heavy atom. The molecule has 1 heteroatoms. The molecule has 0 aromatic heterocycles. The van der Waals surface area contributed by atoms with Gasteiger partial charge >= 0.3 is 0 Å². The minimum absolute atomic E-state index is 0.863. The van der Waals surface area contributed by atoms with Crippen LogP contribution >= 0.6 is 0 Å². The topological polar surface area (TPSA) is 12.0 Å². The van der Waals surface area contributed by atoms with E-state index in [1.54, 1.807) is 0 Å². The highest BCUT2D eigenvalue weighted by atomic mass is 14.9. The highest BCUT2D eigenvalue weighted by Gasteiger charge is 2.32. The molecule has 0 aromatic carbocycles. The van der Waals surface area contributed by atoms with Crippen molar-refractivity contribution in [2.75, 3.05) is 13.1 Å². The van der Waals surface area contributed by atoms with Crippen molar-refractivity contribution in [3.8, 4) is 0 Å². The Balaban J connectivity index is 2.14. The smallest absolute Gasteiger partial charge is 0.00154 e. The first-order valence-electron chi connectivity index (χ1n) is 5.46. The lowest BCUT2D eigenvalue weighted by atomic mass is 9.91. The summed E-state index contributed by atoms with van der Waals surface area (Å²) in [5.74, 6) is 2.85. The fourth-order valence-corrected chi connectivity index (χ4v) is 1.92. The van der Waals surface area contributed by atoms with Gasteiger partial charge in [0.2, 0.25) is 0 Å². The maximum absolute atomic E-state index is 3.54. The largest absolute Gasteiger partial charge is 0.316 e. The molecule has 1 saturated carbocycles. The summed E-state index contributed by atoms with van der Waals surface area (Å²) in [5.41, 5.74) is 0. The minimum Gasteiger partial charge on any atom is -0.316 e. The highest BCUT2D eigenvalue weighted by Crippen LogP contribution is 2.39. The van der Waals surface area contributed by atoms with Gasteiger partial charge in [0.1, 0.15) is 0 Å². The molecule has 0 spiro atoms. The molecule has 1 rings (SSSR count). The van der Waals surface area contributed by atoms with Gasteiger partial charge in [-0.15, -0.1) is 0 Å². The summed E-state index contributed by atoms with van der Waals surface area (Å²) < 4.78 is 0. The Kier molecular flexibility index (Phi) is 4.07. The second-order valence-corrected chi connectivity index (χ2v) is 4.45. The molecule has 0 heterocycles. The number of nitrogens with one attached hydrogen (secondary N) is 1. The third-order valence-electron chi connectivity index (χ3n) is 2.89. The van der Waals surface area contributed by atoms with Crippen molar-refractivity contribution in [3.63, 3.8) is 0 Å². The molecule has 0 amide bonds. The van der Waals surface area contributed by atoms with E-state index in [1.165, 1.54) is 32.4 Å². The van der Waals surface area contributed by atoms with E-state index < -0.39 is 0 Å². The standard InChI is InChI=1S/C11H23N/c1-4-7-12-8-11(9(2)3)10-5-6-10/h9-12H,4-8H2,1-3H3. The van der Waals surface area contributed by atoms with Crippen LogP contribution in [0.25, 0.3) is 0 Å². The van der Waals surface area contributed by atoms with Crippen LogP contribution in [0.1, 0.15) is 40.0 Å². The Bertz CT molecular complexity index is 114. The summed E-state index contributed by atoms with van der Waals surface area (Å²) in [5, 5.41) is 3.54. The average molecular weight is 169 g/mol. The molecule has 1 atom stereocenters. The summed E-state index contributed by atoms with van der Waals surface area (Å²) in [7, 11) is 0. The van der Waals surface area contributed by atoms with Crippen LogP contribution in [0.3, 0.4) is 0 Å². The van der Waals surface area contributed by atoms with Gasteiger partial charge in [0.05, 0.1) is 0 Å². The Labute approximate surface area is 76.9 Å². The third kappa shape index (κ3) is 3.14. The minimum atomic E-state index is 0.863. The molecule has 1 N–H and O–H groups in total. The second-order valence-electron chi connectivity index (χ2n) is 4.45. The molecule has 1 nitrogen and oxygen atoms in total. The summed E-state index contributed by atoms with van der Waals surface area (Å²) in [6.07, 6.45) is 4.22. The molecule has 0 radical (unpaired) electrons. The number of hydrogen-bond acceptors (Lipinski definition) is 1. The van der Waals surface area contributed by atoms with Crippen molar-refractivity contribution in [2.45, 2.75) is 40.0 Å². The van der Waals surface area contributed by atoms with Crippen LogP contribution in [0.2, 0.25) is 0 Å². The van der Waals surface area contributed by atoms with E-state index in [1.807, 2.05) is 0 Å². The predicted octanol–water partition coefficient (Wildman–Crippen LogP) is 2.67. The van der Waals surface area contributed by atoms with Crippen LogP contribution in [0.15, 0.2) is 0 Å². The molecular weight excluding hydrogens is 146 g/mol. The first-order chi connectivity index (χ1) is 5.75. The molecule has 1 aliphatic carbocycles. The zero-order valence-corrected chi connectivity index (χ0v) is 8.77. The lowest BCUT2D eigenvalue weighted by Gasteiger charge is -2.20. The fourth-order valence-electron chi connectivity index (χ4n) is 1.92. The maximum Gasteiger partial charge on any atom is -0.00154 e. The van der Waals surface area contributed by atoms with E-state index in [0.29, 0.717) is 0 Å². The van der Waals surface area contributed by atoms with Gasteiger partial charge in [0.15, 0.2) is 0 Å². The van der Waals surface area contributed by atoms with Gasteiger partial charge in [0.25, 0.3) is 0 Å². The Hall–Kier alpha value is -0.0400. The molecule has 1 unspecified atom stereocenters. The van der Waals surface area contributed by atoms with Crippen LogP contribution in [-0.4, -0.2) is 13.1 Å². The van der Waals surface area contributed by atoms with Crippen LogP contribution < -0.4 is 5.32 Å². The Morgan fingerprint density at radius 2 is 2.00 bits per heavy atom. The van der Waals surface area contributed by atoms with Crippen LogP contribution in [0.4, 0.5) is 0 Å². The monoisotopic (exact) mass is 169 g/mol. The van der Waals surface area contributed by atoms with Gasteiger partial charge in [-0.05, 0) is 50.1 Å². The summed E-state index contributed by atoms with van der Waals surface area (Å²) in [6, 6.07) is 0. The lowest BCUT2D eigenvalue weighted by Crippen LogP contribution is -2.28. The predicted molar refractivity (Wildman–Crippen MR) is 54.2 cm³/mol. The summed E-state index contributed by atoms with van der Waals surface area (Å²) >= 11 is 0. The van der Waals surface area contributed by atoms with Crippen LogP contribution in [0.5, 0.6) is 0 Å². The quantitative estimate of drug-likeness (QED) is 0.603. The van der Waals surface area contributed by atoms with Gasteiger partial charge in [0, 0.05) is 0 Å². The van der Waals surface area contributed by atoms with Gasteiger partial charge in [-0.2, -0.15) is 0 Å². The molecular formula is C11H23N. The summed E-state index contributed by atoms with van der Waals surface area (Å²) in [4.78, 5) is 0. The van der Waals surface area contributed by atoms with E-state index >= 15 is 0 Å². The van der Waals surface area contributed by atoms with Crippen molar-refractivity contribution in [1.82, 2.24) is 5.32 Å². The molecule has 0 bridgehead atoms. The second kappa shape index (κ2) is 4.86. The number of rotatable bonds is 6. The van der Waals surface area contributed by atoms with Crippen molar-refractivity contribution in [3.05, 3.63) is 0 Å². The molecule has 0 aromatic rings. The van der Waals surface area contributed by atoms with Crippen molar-refractivity contribution in [1.29, 1.82) is 0 Å². The zero-order chi connectivity index (χ0) is 8.97. The summed E-state index contributed by atoms with van der Waals surface area (Å²) in [6.45, 7) is 9.38. The van der Waals surface area contributed by atoms with Crippen molar-refractivity contribution in [2.24, 2.45) is 17.8 Å². The van der Waals surface area contributed by atoms with E-state index in [-0.39, 0.29) is 0 Å². The van der Waals surface area contributed by atoms with E-state index in [4.69, 9.17) is 0 Å². The molecule has 0 saturated heterocycles. The SMILES string of the molecule is CCCNCC(C(C)C)C1CC1. The van der Waals surface area contributed by atoms with E-state index in [2.05, 4.69) is 26.1 Å². The third-order valence-corrected chi connectivity index (χ3v) is 2.89. The van der Waals surface area contributed by atoms with Gasteiger partial charge in [-0.3, -0.25) is 0 Å². The fraction of sp³-hybridized carbons (Fsp3) is 1.00. The molecule has 72 valence electrons. The van der Waals surface area contributed by atoms with Crippen LogP contribution in [0, 0.1) is 17.8 Å². The van der Waals surface area contributed by atoms with Crippen molar-refractivity contribution < 1.29 is 0 Å². The van der Waals surface area contributed by atoms with Gasteiger partial charge in [-0.25, -0.2) is 0 Å². The lowest BCUT2D eigenvalue weighted by molar-refractivity contribution is 0.323. The molecule has 12 heavy (non-hydrogen) atoms. The maximum atomic E-state index is 3.54. The normalized spacial score (nSPS) is 20.0. The van der Waals surface area contributed by atoms with E-state index in [0.717, 1.165) is 17.8 Å². The Morgan fingerprint density at radius 1 is 1.33 bits per heavy atom. The molecule has 0 aliphatic heterocycles. The van der Waals surface area contributed by atoms with Gasteiger partial charge in [-0.1, -0.05) is 20.8 Å². The first-order valence-corrected chi connectivity index (χ1v) is 5.46. The molecule has 1 fully saturated rings. The molecule has 1 aliphatic rings. The van der Waals surface area contributed by atoms with Gasteiger partial charge < -0.3 is 5.32 Å². The highest BCUT2D eigenvalue weighted by molar-refractivity contribution is 4.84. The first kappa shape index (κ1) is 10.0. The van der Waals surface area contributed by atoms with E-state index in [9.17, 15) is 0 Å².